The number of halogens is 1. The minimum absolute atomic E-state index is 0.147. The number of hydrogen-bond donors (Lipinski definition) is 0. The Hall–Kier alpha value is -0.750. The monoisotopic (exact) mass is 244 g/mol. The van der Waals surface area contributed by atoms with Crippen LogP contribution >= 0.6 is 11.6 Å². The normalized spacial score (nSPS) is 10.2. The summed E-state index contributed by atoms with van der Waals surface area (Å²) in [5, 5.41) is 8.54. The van der Waals surface area contributed by atoms with E-state index in [1.807, 2.05) is 0 Å². The summed E-state index contributed by atoms with van der Waals surface area (Å²) in [7, 11) is 0. The standard InChI is InChI=1S/C12H21ClN2O/c1-11(2)10-15(9-5-8-14)12(16)6-3-4-7-13/h11H,3-7,9-10H2,1-2H3. The van der Waals surface area contributed by atoms with Crippen LogP contribution in [0.2, 0.25) is 0 Å². The van der Waals surface area contributed by atoms with Crippen LogP contribution in [0.5, 0.6) is 0 Å². The minimum atomic E-state index is 0.147. The number of hydrogen-bond acceptors (Lipinski definition) is 2. The Bertz CT molecular complexity index is 236. The van der Waals surface area contributed by atoms with Gasteiger partial charge in [-0.1, -0.05) is 13.8 Å². The molecule has 0 spiro atoms. The van der Waals surface area contributed by atoms with Crippen LogP contribution in [0.3, 0.4) is 0 Å². The minimum Gasteiger partial charge on any atom is -0.341 e. The largest absolute Gasteiger partial charge is 0.341 e. The van der Waals surface area contributed by atoms with Gasteiger partial charge in [0, 0.05) is 25.4 Å². The molecule has 0 aromatic carbocycles. The van der Waals surface area contributed by atoms with Gasteiger partial charge in [0.25, 0.3) is 0 Å². The lowest BCUT2D eigenvalue weighted by atomic mass is 10.1. The molecule has 0 aliphatic carbocycles. The van der Waals surface area contributed by atoms with Gasteiger partial charge in [0.2, 0.25) is 5.91 Å². The Morgan fingerprint density at radius 2 is 2.12 bits per heavy atom. The van der Waals surface area contributed by atoms with E-state index in [0.717, 1.165) is 19.4 Å². The Balaban J connectivity index is 4.05. The molecule has 0 aliphatic rings. The Morgan fingerprint density at radius 1 is 1.44 bits per heavy atom. The lowest BCUT2D eigenvalue weighted by Gasteiger charge is -2.23. The van der Waals surface area contributed by atoms with Gasteiger partial charge in [-0.3, -0.25) is 4.79 Å². The summed E-state index contributed by atoms with van der Waals surface area (Å²) in [6, 6.07) is 2.08. The smallest absolute Gasteiger partial charge is 0.222 e. The summed E-state index contributed by atoms with van der Waals surface area (Å²) >= 11 is 5.56. The highest BCUT2D eigenvalue weighted by Gasteiger charge is 2.13. The summed E-state index contributed by atoms with van der Waals surface area (Å²) in [6.07, 6.45) is 2.67. The predicted molar refractivity (Wildman–Crippen MR) is 66.2 cm³/mol. The fraction of sp³-hybridized carbons (Fsp3) is 0.833. The summed E-state index contributed by atoms with van der Waals surface area (Å²) < 4.78 is 0. The van der Waals surface area contributed by atoms with E-state index < -0.39 is 0 Å². The van der Waals surface area contributed by atoms with Crippen LogP contribution in [0, 0.1) is 17.2 Å². The number of nitrogens with zero attached hydrogens (tertiary/aromatic N) is 2. The maximum Gasteiger partial charge on any atom is 0.222 e. The topological polar surface area (TPSA) is 44.1 Å². The van der Waals surface area contributed by atoms with Crippen molar-refractivity contribution in [2.24, 2.45) is 5.92 Å². The second-order valence-electron chi connectivity index (χ2n) is 4.29. The second-order valence-corrected chi connectivity index (χ2v) is 4.67. The zero-order valence-corrected chi connectivity index (χ0v) is 11.0. The molecule has 92 valence electrons. The summed E-state index contributed by atoms with van der Waals surface area (Å²) in [5.74, 6) is 1.19. The van der Waals surface area contributed by atoms with Gasteiger partial charge < -0.3 is 4.90 Å². The zero-order valence-electron chi connectivity index (χ0n) is 10.2. The highest BCUT2D eigenvalue weighted by Crippen LogP contribution is 2.06. The van der Waals surface area contributed by atoms with Gasteiger partial charge in [0.15, 0.2) is 0 Å². The fourth-order valence-corrected chi connectivity index (χ4v) is 1.66. The SMILES string of the molecule is CC(C)CN(CCC#N)C(=O)CCCCCl. The van der Waals surface area contributed by atoms with Gasteiger partial charge in [-0.2, -0.15) is 5.26 Å². The first-order chi connectivity index (χ1) is 7.61. The molecule has 0 radical (unpaired) electrons. The molecule has 16 heavy (non-hydrogen) atoms. The van der Waals surface area contributed by atoms with Crippen LogP contribution in [0.1, 0.15) is 39.5 Å². The maximum absolute atomic E-state index is 11.8. The molecular formula is C12H21ClN2O. The van der Waals surface area contributed by atoms with Crippen LogP contribution in [0.25, 0.3) is 0 Å². The van der Waals surface area contributed by atoms with Crippen molar-refractivity contribution < 1.29 is 4.79 Å². The quantitative estimate of drug-likeness (QED) is 0.487. The highest BCUT2D eigenvalue weighted by molar-refractivity contribution is 6.17. The van der Waals surface area contributed by atoms with Crippen LogP contribution in [-0.4, -0.2) is 29.8 Å². The van der Waals surface area contributed by atoms with Gasteiger partial charge in [-0.15, -0.1) is 11.6 Å². The van der Waals surface area contributed by atoms with Gasteiger partial charge in [-0.05, 0) is 18.8 Å². The van der Waals surface area contributed by atoms with E-state index in [4.69, 9.17) is 16.9 Å². The second kappa shape index (κ2) is 9.47. The van der Waals surface area contributed by atoms with Crippen molar-refractivity contribution in [2.75, 3.05) is 19.0 Å². The molecule has 4 heteroatoms. The van der Waals surface area contributed by atoms with E-state index in [1.165, 1.54) is 0 Å². The molecule has 0 aliphatic heterocycles. The first kappa shape index (κ1) is 15.2. The fourth-order valence-electron chi connectivity index (χ4n) is 1.47. The highest BCUT2D eigenvalue weighted by atomic mass is 35.5. The number of alkyl halides is 1. The molecule has 0 aromatic rings. The van der Waals surface area contributed by atoms with Crippen molar-refractivity contribution in [3.8, 4) is 6.07 Å². The number of carbonyl (C=O) groups is 1. The lowest BCUT2D eigenvalue weighted by molar-refractivity contribution is -0.131. The average Bonchev–Trinajstić information content (AvgIpc) is 2.23. The number of nitriles is 1. The van der Waals surface area contributed by atoms with E-state index in [2.05, 4.69) is 19.9 Å². The van der Waals surface area contributed by atoms with Crippen molar-refractivity contribution in [3.63, 3.8) is 0 Å². The van der Waals surface area contributed by atoms with Crippen molar-refractivity contribution in [1.29, 1.82) is 5.26 Å². The number of unbranched alkanes of at least 4 members (excludes halogenated alkanes) is 1. The van der Waals surface area contributed by atoms with E-state index in [-0.39, 0.29) is 5.91 Å². The third-order valence-corrected chi connectivity index (χ3v) is 2.47. The average molecular weight is 245 g/mol. The first-order valence-electron chi connectivity index (χ1n) is 5.82. The maximum atomic E-state index is 11.8. The molecule has 3 nitrogen and oxygen atoms in total. The van der Waals surface area contributed by atoms with Crippen molar-refractivity contribution in [1.82, 2.24) is 4.90 Å². The summed E-state index contributed by atoms with van der Waals surface area (Å²) in [5.41, 5.74) is 0. The Kier molecular flexibility index (Phi) is 9.03. The molecule has 0 rings (SSSR count). The van der Waals surface area contributed by atoms with Crippen LogP contribution < -0.4 is 0 Å². The molecule has 0 saturated heterocycles. The van der Waals surface area contributed by atoms with E-state index >= 15 is 0 Å². The lowest BCUT2D eigenvalue weighted by Crippen LogP contribution is -2.34. The van der Waals surface area contributed by atoms with Crippen molar-refractivity contribution >= 4 is 17.5 Å². The molecule has 0 fully saturated rings. The number of amides is 1. The molecule has 0 heterocycles. The zero-order chi connectivity index (χ0) is 12.4. The van der Waals surface area contributed by atoms with E-state index in [1.54, 1.807) is 4.90 Å². The molecule has 0 unspecified atom stereocenters. The van der Waals surface area contributed by atoms with Crippen molar-refractivity contribution in [3.05, 3.63) is 0 Å². The third-order valence-electron chi connectivity index (χ3n) is 2.21. The summed E-state index contributed by atoms with van der Waals surface area (Å²) in [4.78, 5) is 13.6. The summed E-state index contributed by atoms with van der Waals surface area (Å²) in [6.45, 7) is 5.44. The third kappa shape index (κ3) is 7.53. The van der Waals surface area contributed by atoms with Crippen LogP contribution in [0.4, 0.5) is 0 Å². The number of rotatable bonds is 8. The molecule has 0 saturated carbocycles. The first-order valence-corrected chi connectivity index (χ1v) is 6.36. The van der Waals surface area contributed by atoms with Gasteiger partial charge in [0.05, 0.1) is 12.5 Å². The molecule has 0 bridgehead atoms. The molecule has 0 atom stereocenters. The van der Waals surface area contributed by atoms with Gasteiger partial charge >= 0.3 is 0 Å². The van der Waals surface area contributed by atoms with E-state index in [0.29, 0.717) is 31.2 Å². The Labute approximate surface area is 103 Å². The van der Waals surface area contributed by atoms with Crippen molar-refractivity contribution in [2.45, 2.75) is 39.5 Å². The van der Waals surface area contributed by atoms with Crippen LogP contribution in [-0.2, 0) is 4.79 Å². The van der Waals surface area contributed by atoms with Gasteiger partial charge in [-0.25, -0.2) is 0 Å². The van der Waals surface area contributed by atoms with Crippen LogP contribution in [0.15, 0.2) is 0 Å². The number of carbonyl (C=O) groups excluding carboxylic acids is 1. The van der Waals surface area contributed by atoms with Gasteiger partial charge in [0.1, 0.15) is 0 Å². The predicted octanol–water partition coefficient (Wildman–Crippen LogP) is 2.79. The molecular weight excluding hydrogens is 224 g/mol. The van der Waals surface area contributed by atoms with E-state index in [9.17, 15) is 4.79 Å². The molecule has 0 N–H and O–H groups in total. The molecule has 1 amide bonds. The Morgan fingerprint density at radius 3 is 2.62 bits per heavy atom. The molecule has 0 aromatic heterocycles.